The van der Waals surface area contributed by atoms with Crippen LogP contribution in [0, 0.1) is 0 Å². The van der Waals surface area contributed by atoms with Crippen molar-refractivity contribution in [3.63, 3.8) is 0 Å². The molecule has 0 aliphatic carbocycles. The van der Waals surface area contributed by atoms with Gasteiger partial charge >= 0.3 is 0 Å². The number of rotatable bonds is 6. The lowest BCUT2D eigenvalue weighted by atomic mass is 10.1. The summed E-state index contributed by atoms with van der Waals surface area (Å²) in [5.74, 6) is -0.219. The van der Waals surface area contributed by atoms with E-state index in [9.17, 15) is 9.90 Å². The largest absolute Gasteiger partial charge is 0.383 e. The summed E-state index contributed by atoms with van der Waals surface area (Å²) >= 11 is 2.77. The Morgan fingerprint density at radius 3 is 3.00 bits per heavy atom. The molecule has 2 rings (SSSR count). The van der Waals surface area contributed by atoms with Gasteiger partial charge in [0.1, 0.15) is 10.5 Å². The molecule has 0 aliphatic heterocycles. The summed E-state index contributed by atoms with van der Waals surface area (Å²) in [5.41, 5.74) is -1.06. The number of carbonyl (C=O) groups excluding carboxylic acids is 1. The molecule has 3 N–H and O–H groups in total. The Morgan fingerprint density at radius 1 is 1.55 bits per heavy atom. The van der Waals surface area contributed by atoms with E-state index >= 15 is 0 Å². The van der Waals surface area contributed by atoms with Crippen LogP contribution in [0.4, 0.5) is 5.13 Å². The molecule has 1 unspecified atom stereocenters. The molecule has 5 nitrogen and oxygen atoms in total. The number of nitrogens with one attached hydrogen (secondary N) is 2. The topological polar surface area (TPSA) is 74.2 Å². The van der Waals surface area contributed by atoms with E-state index in [1.54, 1.807) is 6.92 Å². The summed E-state index contributed by atoms with van der Waals surface area (Å²) in [6.45, 7) is 4.59. The van der Waals surface area contributed by atoms with Crippen molar-refractivity contribution in [1.82, 2.24) is 10.3 Å². The number of thiophene rings is 1. The van der Waals surface area contributed by atoms with Crippen LogP contribution in [0.15, 0.2) is 23.7 Å². The first-order valence-electron chi connectivity index (χ1n) is 6.27. The number of aliphatic hydroxyl groups is 1. The molecular weight excluding hydrogens is 294 g/mol. The standard InChI is InChI=1S/C13H17N3O2S2/c1-3-14-12-15-7-9(20-12)11(17)16-8-13(2,18)10-5-4-6-19-10/h4-7,18H,3,8H2,1-2H3,(H,14,15)(H,16,17). The zero-order chi connectivity index (χ0) is 14.6. The van der Waals surface area contributed by atoms with Crippen LogP contribution in [0.2, 0.25) is 0 Å². The van der Waals surface area contributed by atoms with Crippen molar-refractivity contribution in [1.29, 1.82) is 0 Å². The van der Waals surface area contributed by atoms with Crippen LogP contribution < -0.4 is 10.6 Å². The molecule has 0 radical (unpaired) electrons. The highest BCUT2D eigenvalue weighted by molar-refractivity contribution is 7.17. The van der Waals surface area contributed by atoms with Gasteiger partial charge in [-0.2, -0.15) is 0 Å². The summed E-state index contributed by atoms with van der Waals surface area (Å²) in [5, 5.41) is 18.8. The van der Waals surface area contributed by atoms with E-state index in [0.717, 1.165) is 16.6 Å². The number of aromatic nitrogens is 1. The van der Waals surface area contributed by atoms with E-state index in [1.165, 1.54) is 28.9 Å². The maximum absolute atomic E-state index is 12.0. The SMILES string of the molecule is CCNc1ncc(C(=O)NCC(C)(O)c2cccs2)s1. The minimum absolute atomic E-state index is 0.167. The molecule has 0 saturated heterocycles. The monoisotopic (exact) mass is 311 g/mol. The van der Waals surface area contributed by atoms with Crippen molar-refractivity contribution in [3.05, 3.63) is 33.5 Å². The number of hydrogen-bond acceptors (Lipinski definition) is 6. The summed E-state index contributed by atoms with van der Waals surface area (Å²) in [7, 11) is 0. The quantitative estimate of drug-likeness (QED) is 0.765. The van der Waals surface area contributed by atoms with Gasteiger partial charge in [0, 0.05) is 11.4 Å². The van der Waals surface area contributed by atoms with Crippen LogP contribution >= 0.6 is 22.7 Å². The normalized spacial score (nSPS) is 13.8. The lowest BCUT2D eigenvalue weighted by molar-refractivity contribution is 0.0558. The number of nitrogens with zero attached hydrogens (tertiary/aromatic N) is 1. The minimum Gasteiger partial charge on any atom is -0.383 e. The van der Waals surface area contributed by atoms with Crippen LogP contribution in [0.25, 0.3) is 0 Å². The molecule has 2 heterocycles. The number of thiazole rings is 1. The van der Waals surface area contributed by atoms with Gasteiger partial charge in [-0.15, -0.1) is 11.3 Å². The first-order chi connectivity index (χ1) is 9.53. The molecule has 0 bridgehead atoms. The number of carbonyl (C=O) groups is 1. The molecule has 1 amide bonds. The third-order valence-electron chi connectivity index (χ3n) is 2.70. The van der Waals surface area contributed by atoms with Crippen molar-refractivity contribution in [3.8, 4) is 0 Å². The van der Waals surface area contributed by atoms with Crippen molar-refractivity contribution in [2.24, 2.45) is 0 Å². The molecule has 0 saturated carbocycles. The molecule has 20 heavy (non-hydrogen) atoms. The zero-order valence-electron chi connectivity index (χ0n) is 11.3. The zero-order valence-corrected chi connectivity index (χ0v) is 13.0. The van der Waals surface area contributed by atoms with E-state index < -0.39 is 5.60 Å². The fourth-order valence-corrected chi connectivity index (χ4v) is 3.21. The molecule has 108 valence electrons. The van der Waals surface area contributed by atoms with Gasteiger partial charge in [-0.05, 0) is 25.3 Å². The van der Waals surface area contributed by atoms with Crippen LogP contribution in [0.5, 0.6) is 0 Å². The Labute approximate surface area is 125 Å². The van der Waals surface area contributed by atoms with Gasteiger partial charge in [-0.1, -0.05) is 17.4 Å². The van der Waals surface area contributed by atoms with Crippen LogP contribution in [-0.2, 0) is 5.60 Å². The van der Waals surface area contributed by atoms with Crippen molar-refractivity contribution in [2.75, 3.05) is 18.4 Å². The highest BCUT2D eigenvalue weighted by Gasteiger charge is 2.25. The first-order valence-corrected chi connectivity index (χ1v) is 7.97. The number of anilines is 1. The highest BCUT2D eigenvalue weighted by atomic mass is 32.1. The van der Waals surface area contributed by atoms with Gasteiger partial charge in [0.2, 0.25) is 0 Å². The van der Waals surface area contributed by atoms with Crippen LogP contribution in [-0.4, -0.2) is 29.1 Å². The van der Waals surface area contributed by atoms with Crippen molar-refractivity contribution < 1.29 is 9.90 Å². The summed E-state index contributed by atoms with van der Waals surface area (Å²) in [4.78, 5) is 17.5. The lowest BCUT2D eigenvalue weighted by Gasteiger charge is -2.21. The molecule has 2 aromatic rings. The highest BCUT2D eigenvalue weighted by Crippen LogP contribution is 2.24. The molecule has 0 spiro atoms. The molecule has 1 atom stereocenters. The molecular formula is C13H17N3O2S2. The maximum atomic E-state index is 12.0. The smallest absolute Gasteiger partial charge is 0.263 e. The molecule has 0 aromatic carbocycles. The molecule has 0 aliphatic rings. The molecule has 0 fully saturated rings. The fraction of sp³-hybridized carbons (Fsp3) is 0.385. The predicted octanol–water partition coefficient (Wildman–Crippen LogP) is 2.27. The van der Waals surface area contributed by atoms with Gasteiger partial charge in [0.05, 0.1) is 12.7 Å². The van der Waals surface area contributed by atoms with Gasteiger partial charge in [-0.3, -0.25) is 4.79 Å². The van der Waals surface area contributed by atoms with Gasteiger partial charge < -0.3 is 15.7 Å². The van der Waals surface area contributed by atoms with Crippen LogP contribution in [0.3, 0.4) is 0 Å². The second-order valence-corrected chi connectivity index (χ2v) is 6.47. The molecule has 2 aromatic heterocycles. The Hall–Kier alpha value is -1.44. The Kier molecular flexibility index (Phi) is 4.74. The van der Waals surface area contributed by atoms with Gasteiger partial charge in [0.25, 0.3) is 5.91 Å². The third kappa shape index (κ3) is 3.56. The Morgan fingerprint density at radius 2 is 2.35 bits per heavy atom. The van der Waals surface area contributed by atoms with Crippen molar-refractivity contribution >= 4 is 33.7 Å². The Balaban J connectivity index is 1.94. The maximum Gasteiger partial charge on any atom is 0.263 e. The average Bonchev–Trinajstić information content (AvgIpc) is 3.07. The number of amides is 1. The first kappa shape index (κ1) is 15.0. The van der Waals surface area contributed by atoms with Gasteiger partial charge in [0.15, 0.2) is 5.13 Å². The fourth-order valence-electron chi connectivity index (χ4n) is 1.62. The minimum atomic E-state index is -1.06. The van der Waals surface area contributed by atoms with Crippen molar-refractivity contribution in [2.45, 2.75) is 19.4 Å². The summed E-state index contributed by atoms with van der Waals surface area (Å²) in [6, 6.07) is 3.73. The summed E-state index contributed by atoms with van der Waals surface area (Å²) < 4.78 is 0. The van der Waals surface area contributed by atoms with Crippen LogP contribution in [0.1, 0.15) is 28.4 Å². The second-order valence-electron chi connectivity index (χ2n) is 4.49. The predicted molar refractivity (Wildman–Crippen MR) is 82.5 cm³/mol. The van der Waals surface area contributed by atoms with E-state index in [4.69, 9.17) is 0 Å². The lowest BCUT2D eigenvalue weighted by Crippen LogP contribution is -2.37. The Bertz CT molecular complexity index is 564. The third-order valence-corrected chi connectivity index (χ3v) is 4.78. The van der Waals surface area contributed by atoms with E-state index in [2.05, 4.69) is 15.6 Å². The van der Waals surface area contributed by atoms with Gasteiger partial charge in [-0.25, -0.2) is 4.98 Å². The van der Waals surface area contributed by atoms with E-state index in [0.29, 0.717) is 4.88 Å². The molecule has 7 heteroatoms. The summed E-state index contributed by atoms with van der Waals surface area (Å²) in [6.07, 6.45) is 1.54. The second kappa shape index (κ2) is 6.34. The van der Waals surface area contributed by atoms with E-state index in [1.807, 2.05) is 24.4 Å². The average molecular weight is 311 g/mol. The number of hydrogen-bond donors (Lipinski definition) is 3. The van der Waals surface area contributed by atoms with E-state index in [-0.39, 0.29) is 12.5 Å².